The standard InChI is InChI=1S/C37H50N2O13/c1-22(40)38-29(33(44)49-16-4-5-17-51-39(47)48)18-23-6-9-26(10-7-23)52-34(45)50-21-31(43)37(46)15-13-28-27-11-8-24-19-25(41)12-14-35(24,2)32(27)30(42)20-36(28,37)3/h6-7,9-10,19,27-30,32,42,46-48H,4-5,8,11-18,20-21H2,1-3H3,(H,38,40)/t27-,28-,29-,30-,32?,35-,36-,37-/m0/s1. The molecule has 5 N–H and O–H groups in total. The van der Waals surface area contributed by atoms with Crippen molar-refractivity contribution in [2.75, 3.05) is 19.8 Å². The minimum atomic E-state index is -1.80. The van der Waals surface area contributed by atoms with Crippen molar-refractivity contribution in [2.24, 2.45) is 28.6 Å². The Kier molecular flexibility index (Phi) is 12.2. The molecule has 15 heteroatoms. The van der Waals surface area contributed by atoms with Crippen LogP contribution in [0.2, 0.25) is 0 Å². The second kappa shape index (κ2) is 16.1. The van der Waals surface area contributed by atoms with Crippen molar-refractivity contribution < 1.29 is 63.6 Å². The predicted octanol–water partition coefficient (Wildman–Crippen LogP) is 3.39. The molecule has 3 fully saturated rings. The monoisotopic (exact) mass is 730 g/mol. The quantitative estimate of drug-likeness (QED) is 0.0803. The first-order valence-electron chi connectivity index (χ1n) is 17.9. The topological polar surface area (TPSA) is 218 Å². The highest BCUT2D eigenvalue weighted by Crippen LogP contribution is 2.67. The smallest absolute Gasteiger partial charge is 0.464 e. The molecule has 4 aliphatic carbocycles. The number of esters is 1. The fraction of sp³-hybridized carbons (Fsp3) is 0.649. The Bertz CT molecular complexity index is 1550. The number of fused-ring (bicyclic) bond motifs is 5. The van der Waals surface area contributed by atoms with E-state index in [2.05, 4.69) is 17.1 Å². The number of carbonyl (C=O) groups is 5. The summed E-state index contributed by atoms with van der Waals surface area (Å²) in [4.78, 5) is 67.1. The number of amides is 1. The van der Waals surface area contributed by atoms with E-state index in [1.807, 2.05) is 6.92 Å². The van der Waals surface area contributed by atoms with Gasteiger partial charge in [0.05, 0.1) is 24.7 Å². The number of nitrogens with one attached hydrogen (secondary N) is 1. The number of hydrogen-bond donors (Lipinski definition) is 5. The largest absolute Gasteiger partial charge is 0.514 e. The van der Waals surface area contributed by atoms with Gasteiger partial charge in [0.2, 0.25) is 11.7 Å². The van der Waals surface area contributed by atoms with E-state index in [9.17, 15) is 34.2 Å². The number of ether oxygens (including phenoxy) is 3. The number of aliphatic hydroxyl groups excluding tert-OH is 1. The number of carbonyl (C=O) groups excluding carboxylic acids is 5. The lowest BCUT2D eigenvalue weighted by Gasteiger charge is -2.60. The third-order valence-electron chi connectivity index (χ3n) is 12.0. The lowest BCUT2D eigenvalue weighted by Crippen LogP contribution is -2.62. The van der Waals surface area contributed by atoms with Crippen LogP contribution < -0.4 is 10.1 Å². The van der Waals surface area contributed by atoms with Crippen molar-refractivity contribution in [1.29, 1.82) is 0 Å². The Labute approximate surface area is 302 Å². The molecule has 15 nitrogen and oxygen atoms in total. The summed E-state index contributed by atoms with van der Waals surface area (Å²) in [6.45, 7) is 4.58. The van der Waals surface area contributed by atoms with Crippen LogP contribution in [0.5, 0.6) is 5.75 Å². The van der Waals surface area contributed by atoms with Gasteiger partial charge in [-0.05, 0) is 98.3 Å². The van der Waals surface area contributed by atoms with Crippen molar-refractivity contribution in [3.8, 4) is 5.75 Å². The number of Topliss-reactive ketones (excluding diaryl/α,β-unsaturated/α-hetero) is 1. The normalized spacial score (nSPS) is 31.4. The van der Waals surface area contributed by atoms with Crippen LogP contribution in [0.15, 0.2) is 35.9 Å². The van der Waals surface area contributed by atoms with Gasteiger partial charge in [-0.2, -0.15) is 0 Å². The highest BCUT2D eigenvalue weighted by atomic mass is 17.1. The first-order valence-corrected chi connectivity index (χ1v) is 17.9. The van der Waals surface area contributed by atoms with Crippen LogP contribution in [0, 0.1) is 28.6 Å². The Morgan fingerprint density at radius 1 is 1.00 bits per heavy atom. The lowest BCUT2D eigenvalue weighted by molar-refractivity contribution is -0.492. The number of aliphatic hydroxyl groups is 2. The van der Waals surface area contributed by atoms with Crippen LogP contribution in [0.3, 0.4) is 0 Å². The second-order valence-corrected chi connectivity index (χ2v) is 15.1. The fourth-order valence-corrected chi connectivity index (χ4v) is 9.51. The summed E-state index contributed by atoms with van der Waals surface area (Å²) in [6, 6.07) is 5.10. The fourth-order valence-electron chi connectivity index (χ4n) is 9.51. The molecular weight excluding hydrogens is 680 g/mol. The maximum Gasteiger partial charge on any atom is 0.514 e. The maximum absolute atomic E-state index is 13.6. The molecule has 0 heterocycles. The molecule has 8 atom stereocenters. The number of allylic oxidation sites excluding steroid dienone is 1. The molecule has 1 aromatic rings. The van der Waals surface area contributed by atoms with Gasteiger partial charge in [-0.1, -0.05) is 31.6 Å². The van der Waals surface area contributed by atoms with Crippen molar-refractivity contribution in [2.45, 2.75) is 103 Å². The zero-order valence-corrected chi connectivity index (χ0v) is 29.9. The van der Waals surface area contributed by atoms with Gasteiger partial charge in [0.25, 0.3) is 0 Å². The number of ketones is 2. The predicted molar refractivity (Wildman–Crippen MR) is 179 cm³/mol. The van der Waals surface area contributed by atoms with Crippen LogP contribution in [-0.4, -0.2) is 93.2 Å². The highest BCUT2D eigenvalue weighted by molar-refractivity contribution is 5.92. The average molecular weight is 731 g/mol. The molecule has 0 bridgehead atoms. The molecule has 52 heavy (non-hydrogen) atoms. The summed E-state index contributed by atoms with van der Waals surface area (Å²) in [7, 11) is 0. The first-order chi connectivity index (χ1) is 24.6. The molecule has 1 aromatic carbocycles. The van der Waals surface area contributed by atoms with Gasteiger partial charge in [0.15, 0.2) is 12.4 Å². The minimum Gasteiger partial charge on any atom is -0.464 e. The van der Waals surface area contributed by atoms with Gasteiger partial charge in [-0.25, -0.2) is 9.59 Å². The summed E-state index contributed by atoms with van der Waals surface area (Å²) in [6.07, 6.45) is 4.37. The van der Waals surface area contributed by atoms with Crippen molar-refractivity contribution in [3.63, 3.8) is 0 Å². The molecular formula is C37H50N2O13. The number of benzene rings is 1. The number of nitrogens with zero attached hydrogens (tertiary/aromatic N) is 1. The molecule has 0 spiro atoms. The minimum absolute atomic E-state index is 0.00357. The molecule has 0 aliphatic heterocycles. The van der Waals surface area contributed by atoms with E-state index >= 15 is 0 Å². The Balaban J connectivity index is 1.13. The average Bonchev–Trinajstić information content (AvgIpc) is 3.35. The van der Waals surface area contributed by atoms with E-state index in [0.29, 0.717) is 37.7 Å². The van der Waals surface area contributed by atoms with Gasteiger partial charge in [0, 0.05) is 25.2 Å². The molecule has 1 unspecified atom stereocenters. The summed E-state index contributed by atoms with van der Waals surface area (Å²) >= 11 is 0. The third-order valence-corrected chi connectivity index (χ3v) is 12.0. The van der Waals surface area contributed by atoms with Gasteiger partial charge in [-0.3, -0.25) is 29.6 Å². The van der Waals surface area contributed by atoms with Crippen molar-refractivity contribution in [1.82, 2.24) is 10.7 Å². The third kappa shape index (κ3) is 8.24. The highest BCUT2D eigenvalue weighted by Gasteiger charge is 2.68. The molecule has 4 aliphatic rings. The van der Waals surface area contributed by atoms with E-state index in [0.717, 1.165) is 18.4 Å². The van der Waals surface area contributed by atoms with Gasteiger partial charge >= 0.3 is 12.1 Å². The summed E-state index contributed by atoms with van der Waals surface area (Å²) < 4.78 is 15.7. The van der Waals surface area contributed by atoms with Crippen molar-refractivity contribution in [3.05, 3.63) is 41.5 Å². The van der Waals surface area contributed by atoms with Crippen LogP contribution >= 0.6 is 0 Å². The van der Waals surface area contributed by atoms with E-state index in [1.54, 1.807) is 18.2 Å². The number of rotatable bonds is 14. The Morgan fingerprint density at radius 2 is 1.71 bits per heavy atom. The van der Waals surface area contributed by atoms with Gasteiger partial charge < -0.3 is 29.7 Å². The number of unbranched alkanes of at least 4 members (excludes halogenated alkanes) is 1. The van der Waals surface area contributed by atoms with Crippen LogP contribution in [0.4, 0.5) is 4.79 Å². The number of hydrogen-bond acceptors (Lipinski definition) is 14. The van der Waals surface area contributed by atoms with Gasteiger partial charge in [0.1, 0.15) is 17.4 Å². The van der Waals surface area contributed by atoms with E-state index in [1.165, 1.54) is 19.1 Å². The van der Waals surface area contributed by atoms with Crippen LogP contribution in [0.1, 0.15) is 84.1 Å². The second-order valence-electron chi connectivity index (χ2n) is 15.1. The maximum atomic E-state index is 13.6. The first kappa shape index (κ1) is 39.5. The molecule has 0 radical (unpaired) electrons. The zero-order valence-electron chi connectivity index (χ0n) is 29.9. The summed E-state index contributed by atoms with van der Waals surface area (Å²) in [5.74, 6) is -1.52. The van der Waals surface area contributed by atoms with E-state index in [4.69, 9.17) is 24.6 Å². The summed E-state index contributed by atoms with van der Waals surface area (Å²) in [5.41, 5.74) is -1.30. The summed E-state index contributed by atoms with van der Waals surface area (Å²) in [5, 5.41) is 42.7. The Morgan fingerprint density at radius 3 is 2.40 bits per heavy atom. The molecule has 286 valence electrons. The van der Waals surface area contributed by atoms with Gasteiger partial charge in [-0.15, -0.1) is 0 Å². The SMILES string of the molecule is CC(=O)N[C@@H](Cc1ccc(OC(=O)OCC(=O)[C@@]2(O)CC[C@H]3[C@@H]4CCC5=CC(=O)CC[C@]5(C)C4[C@@H](O)C[C@@]32C)cc1)C(=O)OCCCCON(O)O. The Hall–Kier alpha value is -3.73. The molecule has 0 saturated heterocycles. The zero-order chi connectivity index (χ0) is 37.8. The van der Waals surface area contributed by atoms with Crippen molar-refractivity contribution >= 4 is 29.6 Å². The molecule has 5 rings (SSSR count). The van der Waals surface area contributed by atoms with E-state index in [-0.39, 0.29) is 67.2 Å². The molecule has 1 amide bonds. The molecule has 0 aromatic heterocycles. The van der Waals surface area contributed by atoms with E-state index < -0.39 is 59.0 Å². The van der Waals surface area contributed by atoms with Crippen LogP contribution in [-0.2, 0) is 39.9 Å². The van der Waals surface area contributed by atoms with Crippen LogP contribution in [0.25, 0.3) is 0 Å². The lowest BCUT2D eigenvalue weighted by atomic mass is 9.45. The molecule has 3 saturated carbocycles.